The van der Waals surface area contributed by atoms with Crippen LogP contribution in [0.1, 0.15) is 27.6 Å². The molecule has 0 bridgehead atoms. The van der Waals surface area contributed by atoms with Crippen molar-refractivity contribution >= 4 is 11.9 Å². The van der Waals surface area contributed by atoms with Crippen molar-refractivity contribution in [3.05, 3.63) is 71.8 Å². The van der Waals surface area contributed by atoms with Crippen molar-refractivity contribution in [2.45, 2.75) is 37.7 Å². The van der Waals surface area contributed by atoms with Gasteiger partial charge < -0.3 is 19.3 Å². The Morgan fingerprint density at radius 1 is 0.889 bits per heavy atom. The normalized spacial score (nSPS) is 27.6. The molecule has 0 spiro atoms. The van der Waals surface area contributed by atoms with E-state index in [2.05, 4.69) is 0 Å². The zero-order valence-corrected chi connectivity index (χ0v) is 14.5. The van der Waals surface area contributed by atoms with Crippen molar-refractivity contribution in [3.8, 4) is 0 Å². The summed E-state index contributed by atoms with van der Waals surface area (Å²) < 4.78 is 30.2. The summed E-state index contributed by atoms with van der Waals surface area (Å²) in [6.07, 6.45) is -7.47. The molecule has 0 amide bonds. The number of aliphatic hydroxyl groups is 1. The van der Waals surface area contributed by atoms with E-state index in [1.54, 1.807) is 48.5 Å². The molecule has 1 aliphatic heterocycles. The molecule has 2 aromatic rings. The van der Waals surface area contributed by atoms with Crippen LogP contribution in [-0.4, -0.2) is 47.8 Å². The number of halogens is 1. The van der Waals surface area contributed by atoms with Gasteiger partial charge in [0.1, 0.15) is 0 Å². The first kappa shape index (κ1) is 19.0. The summed E-state index contributed by atoms with van der Waals surface area (Å²) in [5.74, 6) is -1.49. The molecule has 0 aromatic heterocycles. The lowest BCUT2D eigenvalue weighted by atomic mass is 10.00. The zero-order valence-electron chi connectivity index (χ0n) is 14.5. The quantitative estimate of drug-likeness (QED) is 0.828. The summed E-state index contributed by atoms with van der Waals surface area (Å²) in [6, 6.07) is 16.2. The second kappa shape index (κ2) is 8.28. The molecule has 1 aliphatic rings. The summed E-state index contributed by atoms with van der Waals surface area (Å²) in [7, 11) is 0. The number of esters is 2. The Bertz CT molecular complexity index is 782. The van der Waals surface area contributed by atoms with Gasteiger partial charge in [-0.25, -0.2) is 14.0 Å². The summed E-state index contributed by atoms with van der Waals surface area (Å²) in [5, 5.41) is 9.74. The fourth-order valence-corrected chi connectivity index (χ4v) is 2.81. The molecule has 1 saturated heterocycles. The van der Waals surface area contributed by atoms with Crippen LogP contribution in [0.15, 0.2) is 60.7 Å². The molecule has 1 heterocycles. The number of rotatable bonds is 4. The monoisotopic (exact) mass is 374 g/mol. The highest BCUT2D eigenvalue weighted by molar-refractivity contribution is 5.90. The number of hydrogen-bond acceptors (Lipinski definition) is 6. The smallest absolute Gasteiger partial charge is 0.338 e. The first-order chi connectivity index (χ1) is 13.0. The number of aliphatic hydroxyl groups excluding tert-OH is 1. The van der Waals surface area contributed by atoms with E-state index in [9.17, 15) is 19.1 Å². The van der Waals surface area contributed by atoms with E-state index < -0.39 is 42.7 Å². The van der Waals surface area contributed by atoms with Crippen LogP contribution in [0.3, 0.4) is 0 Å². The predicted octanol–water partition coefficient (Wildman–Crippen LogP) is 2.51. The minimum Gasteiger partial charge on any atom is -0.452 e. The van der Waals surface area contributed by atoms with E-state index in [-0.39, 0.29) is 11.1 Å². The van der Waals surface area contributed by atoms with E-state index >= 15 is 0 Å². The van der Waals surface area contributed by atoms with Crippen molar-refractivity contribution in [2.24, 2.45) is 0 Å². The molecule has 0 saturated carbocycles. The highest BCUT2D eigenvalue weighted by Crippen LogP contribution is 2.28. The first-order valence-electron chi connectivity index (χ1n) is 8.47. The molecular weight excluding hydrogens is 355 g/mol. The van der Waals surface area contributed by atoms with Gasteiger partial charge in [0.25, 0.3) is 0 Å². The molecule has 0 radical (unpaired) electrons. The largest absolute Gasteiger partial charge is 0.452 e. The second-order valence-electron chi connectivity index (χ2n) is 6.15. The van der Waals surface area contributed by atoms with Crippen molar-refractivity contribution in [2.75, 3.05) is 0 Å². The summed E-state index contributed by atoms with van der Waals surface area (Å²) in [5.41, 5.74) is 0.478. The Balaban J connectivity index is 1.80. The summed E-state index contributed by atoms with van der Waals surface area (Å²) in [6.45, 7) is 1.50. The van der Waals surface area contributed by atoms with Crippen LogP contribution in [-0.2, 0) is 14.2 Å². The zero-order chi connectivity index (χ0) is 19.4. The van der Waals surface area contributed by atoms with Gasteiger partial charge in [0.15, 0.2) is 24.7 Å². The van der Waals surface area contributed by atoms with Gasteiger partial charge in [-0.05, 0) is 31.2 Å². The SMILES string of the molecule is C[C@@H]1O[C@@H](O)[C@H](F)[C@H](OC(=O)c2ccccc2)[C@@H]1OC(=O)c1ccccc1. The van der Waals surface area contributed by atoms with Gasteiger partial charge in [-0.1, -0.05) is 36.4 Å². The average Bonchev–Trinajstić information content (AvgIpc) is 2.69. The third kappa shape index (κ3) is 4.32. The maximum atomic E-state index is 14.6. The number of benzene rings is 2. The van der Waals surface area contributed by atoms with E-state index in [1.807, 2.05) is 0 Å². The van der Waals surface area contributed by atoms with Crippen LogP contribution in [0.4, 0.5) is 4.39 Å². The summed E-state index contributed by atoms with van der Waals surface area (Å²) in [4.78, 5) is 24.7. The van der Waals surface area contributed by atoms with E-state index in [1.165, 1.54) is 19.1 Å². The number of alkyl halides is 1. The lowest BCUT2D eigenvalue weighted by molar-refractivity contribution is -0.260. The maximum absolute atomic E-state index is 14.6. The molecular formula is C20H19FO6. The van der Waals surface area contributed by atoms with Gasteiger partial charge in [0, 0.05) is 0 Å². The highest BCUT2D eigenvalue weighted by atomic mass is 19.1. The van der Waals surface area contributed by atoms with E-state index in [0.717, 1.165) is 0 Å². The van der Waals surface area contributed by atoms with Crippen molar-refractivity contribution in [3.63, 3.8) is 0 Å². The molecule has 27 heavy (non-hydrogen) atoms. The Hall–Kier alpha value is -2.77. The third-order valence-corrected chi connectivity index (χ3v) is 4.23. The molecule has 0 unspecified atom stereocenters. The van der Waals surface area contributed by atoms with Gasteiger partial charge in [-0.2, -0.15) is 0 Å². The minimum absolute atomic E-state index is 0.214. The Morgan fingerprint density at radius 3 is 1.81 bits per heavy atom. The number of hydrogen-bond donors (Lipinski definition) is 1. The molecule has 6 nitrogen and oxygen atoms in total. The number of carbonyl (C=O) groups is 2. The van der Waals surface area contributed by atoms with E-state index in [4.69, 9.17) is 14.2 Å². The molecule has 0 aliphatic carbocycles. The van der Waals surface area contributed by atoms with Crippen molar-refractivity contribution in [1.82, 2.24) is 0 Å². The predicted molar refractivity (Wildman–Crippen MR) is 92.7 cm³/mol. The standard InChI is InChI=1S/C20H19FO6/c1-12-16(26-18(22)13-8-4-2-5-9-13)17(15(21)20(24)25-12)27-19(23)14-10-6-3-7-11-14/h2-12,15-17,20,24H,1H3/t12-,15+,16+,17-,20+/m0/s1. The summed E-state index contributed by atoms with van der Waals surface area (Å²) >= 11 is 0. The average molecular weight is 374 g/mol. The Morgan fingerprint density at radius 2 is 1.33 bits per heavy atom. The molecule has 2 aromatic carbocycles. The fourth-order valence-electron chi connectivity index (χ4n) is 2.81. The fraction of sp³-hybridized carbons (Fsp3) is 0.300. The minimum atomic E-state index is -2.07. The van der Waals surface area contributed by atoms with Crippen LogP contribution < -0.4 is 0 Å². The number of carbonyl (C=O) groups excluding carboxylic acids is 2. The van der Waals surface area contributed by atoms with Crippen LogP contribution in [0.5, 0.6) is 0 Å². The van der Waals surface area contributed by atoms with Crippen LogP contribution >= 0.6 is 0 Å². The van der Waals surface area contributed by atoms with Gasteiger partial charge in [-0.3, -0.25) is 0 Å². The Kier molecular flexibility index (Phi) is 5.83. The van der Waals surface area contributed by atoms with Gasteiger partial charge in [-0.15, -0.1) is 0 Å². The second-order valence-corrected chi connectivity index (χ2v) is 6.15. The van der Waals surface area contributed by atoms with Crippen LogP contribution in [0.25, 0.3) is 0 Å². The Labute approximate surface area is 155 Å². The van der Waals surface area contributed by atoms with Crippen LogP contribution in [0, 0.1) is 0 Å². The molecule has 1 fully saturated rings. The first-order valence-corrected chi connectivity index (χ1v) is 8.47. The number of ether oxygens (including phenoxy) is 3. The lowest BCUT2D eigenvalue weighted by Gasteiger charge is -2.39. The van der Waals surface area contributed by atoms with Crippen molar-refractivity contribution in [1.29, 1.82) is 0 Å². The van der Waals surface area contributed by atoms with Crippen LogP contribution in [0.2, 0.25) is 0 Å². The lowest BCUT2D eigenvalue weighted by Crippen LogP contribution is -2.58. The molecule has 142 valence electrons. The third-order valence-electron chi connectivity index (χ3n) is 4.23. The van der Waals surface area contributed by atoms with Gasteiger partial charge >= 0.3 is 11.9 Å². The molecule has 3 rings (SSSR count). The van der Waals surface area contributed by atoms with Gasteiger partial charge in [0.2, 0.25) is 0 Å². The molecule has 1 N–H and O–H groups in total. The van der Waals surface area contributed by atoms with E-state index in [0.29, 0.717) is 0 Å². The van der Waals surface area contributed by atoms with Gasteiger partial charge in [0.05, 0.1) is 17.2 Å². The topological polar surface area (TPSA) is 82.1 Å². The molecule has 7 heteroatoms. The van der Waals surface area contributed by atoms with Crippen molar-refractivity contribution < 1.29 is 33.3 Å². The highest BCUT2D eigenvalue weighted by Gasteiger charge is 2.49. The molecule has 5 atom stereocenters. The maximum Gasteiger partial charge on any atom is 0.338 e.